The standard InChI is InChI=1S/C19H19F2NO4S/c1-26-19(23)13-2-6-15(10-13)22-27(24,25)16-7-3-12(4-8-16)17-9-5-14(20)11-18(17)21/h3-5,7-9,11,13,15,22H,2,6,10H2,1H3. The molecule has 5 nitrogen and oxygen atoms in total. The van der Waals surface area contributed by atoms with Gasteiger partial charge in [0.1, 0.15) is 11.6 Å². The minimum atomic E-state index is -3.77. The number of ether oxygens (including phenoxy) is 1. The van der Waals surface area contributed by atoms with Gasteiger partial charge in [-0.15, -0.1) is 0 Å². The number of esters is 1. The van der Waals surface area contributed by atoms with E-state index >= 15 is 0 Å². The van der Waals surface area contributed by atoms with Crippen molar-refractivity contribution in [1.29, 1.82) is 0 Å². The lowest BCUT2D eigenvalue weighted by molar-refractivity contribution is -0.145. The molecule has 0 saturated heterocycles. The van der Waals surface area contributed by atoms with Crippen LogP contribution in [0.1, 0.15) is 19.3 Å². The van der Waals surface area contributed by atoms with Crippen LogP contribution >= 0.6 is 0 Å². The predicted molar refractivity (Wildman–Crippen MR) is 95.3 cm³/mol. The van der Waals surface area contributed by atoms with E-state index in [1.165, 1.54) is 37.4 Å². The average Bonchev–Trinajstić information content (AvgIpc) is 3.09. The first kappa shape index (κ1) is 19.4. The van der Waals surface area contributed by atoms with E-state index in [1.54, 1.807) is 0 Å². The van der Waals surface area contributed by atoms with Gasteiger partial charge in [0.2, 0.25) is 10.0 Å². The maximum Gasteiger partial charge on any atom is 0.308 e. The lowest BCUT2D eigenvalue weighted by Gasteiger charge is -2.14. The number of carbonyl (C=O) groups excluding carboxylic acids is 1. The Morgan fingerprint density at radius 1 is 1.11 bits per heavy atom. The lowest BCUT2D eigenvalue weighted by Crippen LogP contribution is -2.33. The van der Waals surface area contributed by atoms with Crippen molar-refractivity contribution >= 4 is 16.0 Å². The number of nitrogens with one attached hydrogen (secondary N) is 1. The molecule has 27 heavy (non-hydrogen) atoms. The Hall–Kier alpha value is -2.32. The van der Waals surface area contributed by atoms with Gasteiger partial charge in [-0.1, -0.05) is 12.1 Å². The van der Waals surface area contributed by atoms with Gasteiger partial charge in [-0.3, -0.25) is 4.79 Å². The number of benzene rings is 2. The molecular weight excluding hydrogens is 376 g/mol. The minimum absolute atomic E-state index is 0.0373. The fourth-order valence-corrected chi connectivity index (χ4v) is 4.58. The van der Waals surface area contributed by atoms with E-state index in [9.17, 15) is 22.0 Å². The van der Waals surface area contributed by atoms with Crippen molar-refractivity contribution in [2.75, 3.05) is 7.11 Å². The molecule has 2 aromatic rings. The van der Waals surface area contributed by atoms with Gasteiger partial charge in [0.05, 0.1) is 17.9 Å². The summed E-state index contributed by atoms with van der Waals surface area (Å²) in [5, 5.41) is 0. The summed E-state index contributed by atoms with van der Waals surface area (Å²) in [6.45, 7) is 0. The summed E-state index contributed by atoms with van der Waals surface area (Å²) < 4.78 is 59.3. The Kier molecular flexibility index (Phi) is 5.57. The topological polar surface area (TPSA) is 72.5 Å². The highest BCUT2D eigenvalue weighted by Crippen LogP contribution is 2.29. The predicted octanol–water partition coefficient (Wildman–Crippen LogP) is 3.25. The second kappa shape index (κ2) is 7.74. The summed E-state index contributed by atoms with van der Waals surface area (Å²) in [5.74, 6) is -2.03. The molecule has 1 N–H and O–H groups in total. The molecule has 144 valence electrons. The molecule has 0 aliphatic heterocycles. The molecule has 0 spiro atoms. The van der Waals surface area contributed by atoms with Crippen LogP contribution in [0.4, 0.5) is 8.78 Å². The summed E-state index contributed by atoms with van der Waals surface area (Å²) in [7, 11) is -2.46. The van der Waals surface area contributed by atoms with Crippen molar-refractivity contribution in [2.24, 2.45) is 5.92 Å². The van der Waals surface area contributed by atoms with Crippen LogP contribution in [0.3, 0.4) is 0 Å². The SMILES string of the molecule is COC(=O)C1CCC(NS(=O)(=O)c2ccc(-c3ccc(F)cc3F)cc2)C1. The minimum Gasteiger partial charge on any atom is -0.469 e. The number of methoxy groups -OCH3 is 1. The second-order valence-corrected chi connectivity index (χ2v) is 8.21. The van der Waals surface area contributed by atoms with Gasteiger partial charge in [-0.25, -0.2) is 21.9 Å². The lowest BCUT2D eigenvalue weighted by atomic mass is 10.1. The molecule has 1 aliphatic rings. The molecule has 0 radical (unpaired) electrons. The van der Waals surface area contributed by atoms with Gasteiger partial charge in [-0.2, -0.15) is 0 Å². The van der Waals surface area contributed by atoms with Crippen molar-refractivity contribution < 1.29 is 26.7 Å². The van der Waals surface area contributed by atoms with Gasteiger partial charge >= 0.3 is 5.97 Å². The van der Waals surface area contributed by atoms with Gasteiger partial charge in [0.25, 0.3) is 0 Å². The Labute approximate surface area is 156 Å². The third-order valence-corrected chi connectivity index (χ3v) is 6.23. The fraction of sp³-hybridized carbons (Fsp3) is 0.316. The molecule has 0 bridgehead atoms. The quantitative estimate of drug-likeness (QED) is 0.789. The summed E-state index contributed by atoms with van der Waals surface area (Å²) >= 11 is 0. The number of hydrogen-bond donors (Lipinski definition) is 1. The molecule has 1 fully saturated rings. The molecule has 0 amide bonds. The summed E-state index contributed by atoms with van der Waals surface area (Å²) in [6.07, 6.45) is 1.52. The normalized spacial score (nSPS) is 19.8. The highest BCUT2D eigenvalue weighted by molar-refractivity contribution is 7.89. The molecule has 2 atom stereocenters. The monoisotopic (exact) mass is 395 g/mol. The first-order valence-electron chi connectivity index (χ1n) is 8.46. The first-order chi connectivity index (χ1) is 12.8. The van der Waals surface area contributed by atoms with Crippen LogP contribution in [0.25, 0.3) is 11.1 Å². The molecular formula is C19H19F2NO4S. The fourth-order valence-electron chi connectivity index (χ4n) is 3.29. The van der Waals surface area contributed by atoms with Gasteiger partial charge < -0.3 is 4.74 Å². The Morgan fingerprint density at radius 2 is 1.81 bits per heavy atom. The average molecular weight is 395 g/mol. The Bertz CT molecular complexity index is 945. The van der Waals surface area contributed by atoms with E-state index in [0.717, 1.165) is 12.1 Å². The van der Waals surface area contributed by atoms with Crippen LogP contribution in [0.15, 0.2) is 47.4 Å². The van der Waals surface area contributed by atoms with E-state index < -0.39 is 21.7 Å². The van der Waals surface area contributed by atoms with Crippen molar-refractivity contribution in [3.05, 3.63) is 54.1 Å². The highest BCUT2D eigenvalue weighted by Gasteiger charge is 2.33. The molecule has 0 aromatic heterocycles. The van der Waals surface area contributed by atoms with Crippen molar-refractivity contribution in [3.63, 3.8) is 0 Å². The summed E-state index contributed by atoms with van der Waals surface area (Å²) in [6, 6.07) is 8.56. The van der Waals surface area contributed by atoms with E-state index in [1.807, 2.05) is 0 Å². The van der Waals surface area contributed by atoms with Gasteiger partial charge in [0.15, 0.2) is 0 Å². The van der Waals surface area contributed by atoms with Crippen molar-refractivity contribution in [2.45, 2.75) is 30.2 Å². The smallest absolute Gasteiger partial charge is 0.308 e. The van der Waals surface area contributed by atoms with Crippen molar-refractivity contribution in [1.82, 2.24) is 4.72 Å². The highest BCUT2D eigenvalue weighted by atomic mass is 32.2. The number of halogens is 2. The number of carbonyl (C=O) groups is 1. The molecule has 1 aliphatic carbocycles. The van der Waals surface area contributed by atoms with Crippen LogP contribution < -0.4 is 4.72 Å². The van der Waals surface area contributed by atoms with Gasteiger partial charge in [0, 0.05) is 17.7 Å². The first-order valence-corrected chi connectivity index (χ1v) is 9.94. The molecule has 0 heterocycles. The molecule has 2 aromatic carbocycles. The van der Waals surface area contributed by atoms with Crippen LogP contribution in [-0.4, -0.2) is 27.5 Å². The molecule has 8 heteroatoms. The van der Waals surface area contributed by atoms with E-state index in [0.29, 0.717) is 24.8 Å². The van der Waals surface area contributed by atoms with Crippen molar-refractivity contribution in [3.8, 4) is 11.1 Å². The van der Waals surface area contributed by atoms with E-state index in [-0.39, 0.29) is 28.4 Å². The van der Waals surface area contributed by atoms with E-state index in [2.05, 4.69) is 4.72 Å². The maximum atomic E-state index is 13.9. The third-order valence-electron chi connectivity index (χ3n) is 4.70. The maximum absolute atomic E-state index is 13.9. The van der Waals surface area contributed by atoms with E-state index in [4.69, 9.17) is 4.74 Å². The zero-order valence-electron chi connectivity index (χ0n) is 14.6. The summed E-state index contributed by atoms with van der Waals surface area (Å²) in [5.41, 5.74) is 0.628. The molecule has 1 saturated carbocycles. The zero-order chi connectivity index (χ0) is 19.6. The number of sulfonamides is 1. The second-order valence-electron chi connectivity index (χ2n) is 6.50. The van der Waals surface area contributed by atoms with Crippen LogP contribution in [0.5, 0.6) is 0 Å². The zero-order valence-corrected chi connectivity index (χ0v) is 15.4. The largest absolute Gasteiger partial charge is 0.469 e. The van der Waals surface area contributed by atoms with Gasteiger partial charge in [-0.05, 0) is 49.1 Å². The Balaban J connectivity index is 1.73. The number of rotatable bonds is 5. The van der Waals surface area contributed by atoms with Crippen LogP contribution in [0.2, 0.25) is 0 Å². The molecule has 3 rings (SSSR count). The Morgan fingerprint density at radius 3 is 2.44 bits per heavy atom. The summed E-state index contributed by atoms with van der Waals surface area (Å²) in [4.78, 5) is 11.6. The third kappa shape index (κ3) is 4.33. The van der Waals surface area contributed by atoms with Crippen LogP contribution in [-0.2, 0) is 19.6 Å². The number of hydrogen-bond acceptors (Lipinski definition) is 4. The van der Waals surface area contributed by atoms with Crippen LogP contribution in [0, 0.1) is 17.6 Å². The molecule has 2 unspecified atom stereocenters.